The van der Waals surface area contributed by atoms with Gasteiger partial charge in [-0.2, -0.15) is 18.3 Å². The number of pyridine rings is 1. The van der Waals surface area contributed by atoms with Gasteiger partial charge in [-0.15, -0.1) is 0 Å². The molecule has 2 aromatic heterocycles. The van der Waals surface area contributed by atoms with Gasteiger partial charge in [-0.05, 0) is 42.0 Å². The number of halogens is 4. The zero-order chi connectivity index (χ0) is 21.5. The van der Waals surface area contributed by atoms with Crippen LogP contribution < -0.4 is 4.72 Å². The standard InChI is InChI=1S/C20H13F4N3O2S/c21-14-5-1-4-13(12-14)15-6-2-7-16(20(22,23)24)19(15)30(28,29)26-17-8-3-11-27-18(17)9-10-25-27/h1-12,26H. The second-order valence-corrected chi connectivity index (χ2v) is 8.00. The van der Waals surface area contributed by atoms with Gasteiger partial charge < -0.3 is 0 Å². The Balaban J connectivity index is 1.94. The van der Waals surface area contributed by atoms with Crippen molar-refractivity contribution in [1.29, 1.82) is 0 Å². The summed E-state index contributed by atoms with van der Waals surface area (Å²) in [5, 5.41) is 3.97. The Labute approximate surface area is 168 Å². The summed E-state index contributed by atoms with van der Waals surface area (Å²) < 4.78 is 84.8. The van der Waals surface area contributed by atoms with Gasteiger partial charge in [0.25, 0.3) is 10.0 Å². The van der Waals surface area contributed by atoms with Crippen LogP contribution in [0.25, 0.3) is 16.6 Å². The number of hydrogen-bond donors (Lipinski definition) is 1. The number of nitrogens with one attached hydrogen (secondary N) is 1. The smallest absolute Gasteiger partial charge is 0.277 e. The van der Waals surface area contributed by atoms with Crippen LogP contribution in [0.4, 0.5) is 23.2 Å². The molecule has 0 fully saturated rings. The molecule has 0 aliphatic carbocycles. The van der Waals surface area contributed by atoms with Crippen LogP contribution in [-0.4, -0.2) is 18.0 Å². The number of fused-ring (bicyclic) bond motifs is 1. The number of sulfonamides is 1. The highest BCUT2D eigenvalue weighted by molar-refractivity contribution is 7.93. The average molecular weight is 435 g/mol. The molecule has 0 bridgehead atoms. The van der Waals surface area contributed by atoms with E-state index in [1.807, 2.05) is 0 Å². The van der Waals surface area contributed by atoms with Gasteiger partial charge in [0.15, 0.2) is 0 Å². The molecule has 10 heteroatoms. The molecule has 0 amide bonds. The normalized spacial score (nSPS) is 12.3. The van der Waals surface area contributed by atoms with E-state index >= 15 is 0 Å². The van der Waals surface area contributed by atoms with E-state index in [0.717, 1.165) is 18.2 Å². The quantitative estimate of drug-likeness (QED) is 0.461. The highest BCUT2D eigenvalue weighted by Gasteiger charge is 2.39. The van der Waals surface area contributed by atoms with Crippen molar-refractivity contribution in [1.82, 2.24) is 9.61 Å². The monoisotopic (exact) mass is 435 g/mol. The van der Waals surface area contributed by atoms with Gasteiger partial charge in [0.05, 0.1) is 23.0 Å². The first-order valence-electron chi connectivity index (χ1n) is 8.58. The Bertz CT molecular complexity index is 1350. The lowest BCUT2D eigenvalue weighted by molar-refractivity contribution is -0.139. The van der Waals surface area contributed by atoms with E-state index in [4.69, 9.17) is 0 Å². The SMILES string of the molecule is O=S(=O)(Nc1cccn2nccc12)c1c(-c2cccc(F)c2)cccc1C(F)(F)F. The highest BCUT2D eigenvalue weighted by atomic mass is 32.2. The predicted molar refractivity (Wildman–Crippen MR) is 103 cm³/mol. The van der Waals surface area contributed by atoms with Crippen LogP contribution in [0.1, 0.15) is 5.56 Å². The maximum atomic E-state index is 13.7. The minimum atomic E-state index is -4.95. The van der Waals surface area contributed by atoms with Crippen molar-refractivity contribution in [3.05, 3.63) is 84.4 Å². The van der Waals surface area contributed by atoms with Gasteiger partial charge in [-0.25, -0.2) is 17.3 Å². The van der Waals surface area contributed by atoms with Crippen LogP contribution in [0.2, 0.25) is 0 Å². The molecule has 0 unspecified atom stereocenters. The minimum Gasteiger partial charge on any atom is -0.277 e. The molecule has 0 saturated carbocycles. The molecule has 0 saturated heterocycles. The number of aromatic nitrogens is 2. The Hall–Kier alpha value is -3.40. The Morgan fingerprint density at radius 2 is 1.73 bits per heavy atom. The summed E-state index contributed by atoms with van der Waals surface area (Å²) in [5.41, 5.74) is -1.20. The van der Waals surface area contributed by atoms with E-state index in [0.29, 0.717) is 11.6 Å². The van der Waals surface area contributed by atoms with Crippen molar-refractivity contribution in [2.24, 2.45) is 0 Å². The summed E-state index contributed by atoms with van der Waals surface area (Å²) in [6, 6.07) is 12.1. The molecule has 5 nitrogen and oxygen atoms in total. The molecule has 0 spiro atoms. The minimum absolute atomic E-state index is 0.00374. The molecular weight excluding hydrogens is 422 g/mol. The van der Waals surface area contributed by atoms with Crippen LogP contribution in [0, 0.1) is 5.82 Å². The van der Waals surface area contributed by atoms with Crippen LogP contribution in [0.15, 0.2) is 78.0 Å². The van der Waals surface area contributed by atoms with E-state index in [-0.39, 0.29) is 16.8 Å². The number of anilines is 1. The number of benzene rings is 2. The summed E-state index contributed by atoms with van der Waals surface area (Å²) in [6.45, 7) is 0. The molecule has 2 aromatic carbocycles. The highest BCUT2D eigenvalue weighted by Crippen LogP contribution is 2.40. The summed E-state index contributed by atoms with van der Waals surface area (Å²) in [5.74, 6) is -0.703. The summed E-state index contributed by atoms with van der Waals surface area (Å²) in [7, 11) is -4.72. The number of rotatable bonds is 4. The van der Waals surface area contributed by atoms with Crippen molar-refractivity contribution in [3.8, 4) is 11.1 Å². The second-order valence-electron chi connectivity index (χ2n) is 6.38. The zero-order valence-electron chi connectivity index (χ0n) is 15.1. The van der Waals surface area contributed by atoms with Crippen molar-refractivity contribution >= 4 is 21.2 Å². The third kappa shape index (κ3) is 3.61. The lowest BCUT2D eigenvalue weighted by Crippen LogP contribution is -2.20. The third-order valence-electron chi connectivity index (χ3n) is 4.41. The fourth-order valence-corrected chi connectivity index (χ4v) is 4.68. The van der Waals surface area contributed by atoms with E-state index < -0.39 is 32.5 Å². The van der Waals surface area contributed by atoms with Crippen LogP contribution >= 0.6 is 0 Å². The van der Waals surface area contributed by atoms with Crippen molar-refractivity contribution < 1.29 is 26.0 Å². The molecule has 154 valence electrons. The Morgan fingerprint density at radius 1 is 0.967 bits per heavy atom. The Morgan fingerprint density at radius 3 is 2.47 bits per heavy atom. The largest absolute Gasteiger partial charge is 0.417 e. The molecule has 0 aliphatic heterocycles. The van der Waals surface area contributed by atoms with E-state index in [9.17, 15) is 26.0 Å². The van der Waals surface area contributed by atoms with E-state index in [1.54, 1.807) is 6.20 Å². The van der Waals surface area contributed by atoms with Gasteiger partial charge in [0.1, 0.15) is 10.7 Å². The van der Waals surface area contributed by atoms with Crippen LogP contribution in [0.5, 0.6) is 0 Å². The summed E-state index contributed by atoms with van der Waals surface area (Å²) in [6.07, 6.45) is -1.96. The first-order valence-corrected chi connectivity index (χ1v) is 10.1. The van der Waals surface area contributed by atoms with Gasteiger partial charge in [0, 0.05) is 11.8 Å². The van der Waals surface area contributed by atoms with Crippen molar-refractivity contribution in [2.45, 2.75) is 11.1 Å². The molecule has 0 aliphatic rings. The number of hydrogen-bond acceptors (Lipinski definition) is 3. The maximum Gasteiger partial charge on any atom is 0.417 e. The first-order chi connectivity index (χ1) is 14.2. The lowest BCUT2D eigenvalue weighted by atomic mass is 10.0. The van der Waals surface area contributed by atoms with Gasteiger partial charge >= 0.3 is 6.18 Å². The maximum absolute atomic E-state index is 13.7. The second kappa shape index (κ2) is 7.13. The topological polar surface area (TPSA) is 63.5 Å². The van der Waals surface area contributed by atoms with Gasteiger partial charge in [-0.3, -0.25) is 4.72 Å². The Kier molecular flexibility index (Phi) is 4.73. The number of nitrogens with zero attached hydrogens (tertiary/aromatic N) is 2. The van der Waals surface area contributed by atoms with Crippen molar-refractivity contribution in [2.75, 3.05) is 4.72 Å². The summed E-state index contributed by atoms with van der Waals surface area (Å²) in [4.78, 5) is -0.982. The van der Waals surface area contributed by atoms with Gasteiger partial charge in [-0.1, -0.05) is 24.3 Å². The van der Waals surface area contributed by atoms with E-state index in [2.05, 4.69) is 9.82 Å². The molecule has 1 N–H and O–H groups in total. The molecule has 0 atom stereocenters. The molecule has 2 heterocycles. The lowest BCUT2D eigenvalue weighted by Gasteiger charge is -2.18. The van der Waals surface area contributed by atoms with Gasteiger partial charge in [0.2, 0.25) is 0 Å². The van der Waals surface area contributed by atoms with Crippen LogP contribution in [0.3, 0.4) is 0 Å². The molecule has 4 rings (SSSR count). The van der Waals surface area contributed by atoms with Crippen molar-refractivity contribution in [3.63, 3.8) is 0 Å². The molecular formula is C20H13F4N3O2S. The third-order valence-corrected chi connectivity index (χ3v) is 5.87. The van der Waals surface area contributed by atoms with Crippen LogP contribution in [-0.2, 0) is 16.2 Å². The fourth-order valence-electron chi connectivity index (χ4n) is 3.17. The fraction of sp³-hybridized carbons (Fsp3) is 0.0500. The molecule has 0 radical (unpaired) electrons. The summed E-state index contributed by atoms with van der Waals surface area (Å²) >= 11 is 0. The average Bonchev–Trinajstić information content (AvgIpc) is 3.16. The first kappa shape index (κ1) is 19.9. The number of alkyl halides is 3. The molecule has 30 heavy (non-hydrogen) atoms. The van der Waals surface area contributed by atoms with E-state index in [1.165, 1.54) is 47.1 Å². The predicted octanol–water partition coefficient (Wildman–Crippen LogP) is 4.96. The zero-order valence-corrected chi connectivity index (χ0v) is 15.9. The molecule has 4 aromatic rings.